The van der Waals surface area contributed by atoms with Crippen molar-refractivity contribution in [3.63, 3.8) is 0 Å². The summed E-state index contributed by atoms with van der Waals surface area (Å²) in [5.41, 5.74) is 2.97. The highest BCUT2D eigenvalue weighted by Crippen LogP contribution is 2.28. The first-order chi connectivity index (χ1) is 6.43. The van der Waals surface area contributed by atoms with Gasteiger partial charge in [0.2, 0.25) is 0 Å². The van der Waals surface area contributed by atoms with Gasteiger partial charge in [-0.25, -0.2) is 8.78 Å². The van der Waals surface area contributed by atoms with E-state index in [1.54, 1.807) is 0 Å². The first-order valence-electron chi connectivity index (χ1n) is 3.32. The molecule has 0 saturated heterocycles. The van der Waals surface area contributed by atoms with Gasteiger partial charge < -0.3 is 5.73 Å². The summed E-state index contributed by atoms with van der Waals surface area (Å²) in [6.07, 6.45) is -3.03. The van der Waals surface area contributed by atoms with E-state index in [2.05, 4.69) is 4.98 Å². The first kappa shape index (κ1) is 10.2. The Balaban J connectivity index is 3.34. The van der Waals surface area contributed by atoms with E-state index in [1.165, 1.54) is 0 Å². The monoisotopic (exact) mass is 207 g/mol. The zero-order chi connectivity index (χ0) is 10.9. The van der Waals surface area contributed by atoms with Gasteiger partial charge in [-0.15, -0.1) is 0 Å². The summed E-state index contributed by atoms with van der Waals surface area (Å²) in [6.45, 7) is 0. The van der Waals surface area contributed by atoms with E-state index in [1.807, 2.05) is 0 Å². The number of nitrogen functional groups attached to an aromatic ring is 1. The maximum absolute atomic E-state index is 12.7. The average molecular weight is 207 g/mol. The Morgan fingerprint density at radius 3 is 2.57 bits per heavy atom. The lowest BCUT2D eigenvalue weighted by Gasteiger charge is -2.02. The highest BCUT2D eigenvalue weighted by atomic mass is 19.3. The van der Waals surface area contributed by atoms with Gasteiger partial charge >= 0.3 is 5.69 Å². The molecule has 0 fully saturated rings. The predicted octanol–water partition coefficient (Wildman–Crippen LogP) is 1.65. The molecule has 8 heteroatoms. The minimum absolute atomic E-state index is 0.377. The number of alkyl halides is 2. The molecule has 0 aliphatic heterocycles. The van der Waals surface area contributed by atoms with Crippen molar-refractivity contribution >= 4 is 11.5 Å². The van der Waals surface area contributed by atoms with Crippen LogP contribution in [0.4, 0.5) is 24.7 Å². The smallest absolute Gasteiger partial charge is 0.324 e. The zero-order valence-corrected chi connectivity index (χ0v) is 6.58. The second-order valence-electron chi connectivity index (χ2n) is 2.33. The van der Waals surface area contributed by atoms with Crippen LogP contribution in [-0.4, -0.2) is 9.91 Å². The van der Waals surface area contributed by atoms with Crippen LogP contribution in [0.5, 0.6) is 0 Å². The van der Waals surface area contributed by atoms with E-state index in [0.717, 1.165) is 0 Å². The number of nitro groups is 1. The minimum atomic E-state index is -3.03. The Morgan fingerprint density at radius 2 is 2.14 bits per heavy atom. The Bertz CT molecular complexity index is 383. The summed E-state index contributed by atoms with van der Waals surface area (Å²) in [4.78, 5) is 11.8. The quantitative estimate of drug-likeness (QED) is 0.454. The summed E-state index contributed by atoms with van der Waals surface area (Å²) in [7, 11) is 0. The lowest BCUT2D eigenvalue weighted by atomic mass is 10.2. The van der Waals surface area contributed by atoms with Crippen LogP contribution in [0.1, 0.15) is 12.0 Å². The first-order valence-corrected chi connectivity index (χ1v) is 3.32. The van der Waals surface area contributed by atoms with Crippen molar-refractivity contribution in [2.45, 2.75) is 6.43 Å². The summed E-state index contributed by atoms with van der Waals surface area (Å²) < 4.78 is 36.9. The molecule has 14 heavy (non-hydrogen) atoms. The zero-order valence-electron chi connectivity index (χ0n) is 6.58. The molecule has 0 spiro atoms. The molecule has 1 aromatic heterocycles. The van der Waals surface area contributed by atoms with Gasteiger partial charge in [-0.1, -0.05) is 0 Å². The van der Waals surface area contributed by atoms with Crippen molar-refractivity contribution in [1.29, 1.82) is 0 Å². The molecule has 1 heterocycles. The second kappa shape index (κ2) is 3.48. The fourth-order valence-corrected chi connectivity index (χ4v) is 0.811. The van der Waals surface area contributed by atoms with Gasteiger partial charge in [0.15, 0.2) is 0 Å². The summed E-state index contributed by atoms with van der Waals surface area (Å²) in [5.74, 6) is -2.22. The maximum Gasteiger partial charge on any atom is 0.324 e. The standard InChI is InChI=1S/C6H4F3N3O2/c7-4(8)2-1-3(12(13)14)5(9)11-6(2)10/h1,4H,(H2,10,11). The molecule has 0 bridgehead atoms. The third kappa shape index (κ3) is 1.73. The normalized spacial score (nSPS) is 10.6. The molecule has 0 saturated carbocycles. The molecule has 1 rings (SSSR count). The van der Waals surface area contributed by atoms with E-state index >= 15 is 0 Å². The number of hydrogen-bond donors (Lipinski definition) is 1. The van der Waals surface area contributed by atoms with Crippen molar-refractivity contribution in [3.05, 3.63) is 27.7 Å². The highest BCUT2D eigenvalue weighted by molar-refractivity contribution is 5.46. The molecule has 0 aromatic carbocycles. The fraction of sp³-hybridized carbons (Fsp3) is 0.167. The van der Waals surface area contributed by atoms with Crippen molar-refractivity contribution in [2.75, 3.05) is 5.73 Å². The van der Waals surface area contributed by atoms with Crippen molar-refractivity contribution < 1.29 is 18.1 Å². The van der Waals surface area contributed by atoms with Crippen LogP contribution in [0.3, 0.4) is 0 Å². The van der Waals surface area contributed by atoms with E-state index in [4.69, 9.17) is 5.73 Å². The Hall–Kier alpha value is -1.86. The van der Waals surface area contributed by atoms with Crippen molar-refractivity contribution in [1.82, 2.24) is 4.98 Å². The number of halogens is 3. The van der Waals surface area contributed by atoms with Crippen LogP contribution in [0, 0.1) is 16.1 Å². The number of hydrogen-bond acceptors (Lipinski definition) is 4. The number of pyridine rings is 1. The second-order valence-corrected chi connectivity index (χ2v) is 2.33. The molecule has 0 aliphatic carbocycles. The minimum Gasteiger partial charge on any atom is -0.383 e. The number of anilines is 1. The molecule has 0 unspecified atom stereocenters. The summed E-state index contributed by atoms with van der Waals surface area (Å²) >= 11 is 0. The van der Waals surface area contributed by atoms with Gasteiger partial charge in [0, 0.05) is 6.07 Å². The van der Waals surface area contributed by atoms with Gasteiger partial charge in [0.1, 0.15) is 5.82 Å². The Kier molecular flexibility index (Phi) is 2.54. The predicted molar refractivity (Wildman–Crippen MR) is 40.2 cm³/mol. The maximum atomic E-state index is 12.7. The molecular weight excluding hydrogens is 203 g/mol. The molecule has 0 amide bonds. The number of aromatic nitrogens is 1. The van der Waals surface area contributed by atoms with E-state index in [-0.39, 0.29) is 0 Å². The fourth-order valence-electron chi connectivity index (χ4n) is 0.811. The van der Waals surface area contributed by atoms with Gasteiger partial charge in [-0.3, -0.25) is 10.1 Å². The highest BCUT2D eigenvalue weighted by Gasteiger charge is 2.22. The van der Waals surface area contributed by atoms with Gasteiger partial charge in [0.05, 0.1) is 10.5 Å². The average Bonchev–Trinajstić information content (AvgIpc) is 2.02. The molecule has 0 radical (unpaired) electrons. The third-order valence-electron chi connectivity index (χ3n) is 1.45. The Morgan fingerprint density at radius 1 is 1.57 bits per heavy atom. The van der Waals surface area contributed by atoms with Crippen LogP contribution >= 0.6 is 0 Å². The lowest BCUT2D eigenvalue weighted by molar-refractivity contribution is -0.388. The number of rotatable bonds is 2. The van der Waals surface area contributed by atoms with Gasteiger partial charge in [0.25, 0.3) is 12.4 Å². The summed E-state index contributed by atoms with van der Waals surface area (Å²) in [6, 6.07) is 0.377. The van der Waals surface area contributed by atoms with Crippen LogP contribution in [0.2, 0.25) is 0 Å². The van der Waals surface area contributed by atoms with Gasteiger partial charge in [-0.05, 0) is 0 Å². The van der Waals surface area contributed by atoms with Crippen LogP contribution in [0.25, 0.3) is 0 Å². The molecule has 0 atom stereocenters. The molecule has 76 valence electrons. The number of nitrogens with zero attached hydrogens (tertiary/aromatic N) is 2. The molecule has 1 aromatic rings. The van der Waals surface area contributed by atoms with Crippen molar-refractivity contribution in [3.8, 4) is 0 Å². The Labute approximate surface area is 75.5 Å². The van der Waals surface area contributed by atoms with Crippen LogP contribution in [-0.2, 0) is 0 Å². The van der Waals surface area contributed by atoms with E-state index in [9.17, 15) is 23.3 Å². The molecular formula is C6H4F3N3O2. The number of nitrogens with two attached hydrogens (primary N) is 1. The van der Waals surface area contributed by atoms with Crippen LogP contribution in [0.15, 0.2) is 6.07 Å². The molecule has 5 nitrogen and oxygen atoms in total. The van der Waals surface area contributed by atoms with Gasteiger partial charge in [-0.2, -0.15) is 9.37 Å². The third-order valence-corrected chi connectivity index (χ3v) is 1.45. The topological polar surface area (TPSA) is 82.0 Å². The van der Waals surface area contributed by atoms with E-state index < -0.39 is 34.4 Å². The SMILES string of the molecule is Nc1nc(F)c([N+](=O)[O-])cc1C(F)F. The summed E-state index contributed by atoms with van der Waals surface area (Å²) in [5, 5.41) is 10.1. The largest absolute Gasteiger partial charge is 0.383 e. The molecule has 2 N–H and O–H groups in total. The molecule has 0 aliphatic rings. The lowest BCUT2D eigenvalue weighted by Crippen LogP contribution is -2.04. The van der Waals surface area contributed by atoms with Crippen LogP contribution < -0.4 is 5.73 Å². The van der Waals surface area contributed by atoms with Crippen molar-refractivity contribution in [2.24, 2.45) is 0 Å². The van der Waals surface area contributed by atoms with E-state index in [0.29, 0.717) is 6.07 Å².